The number of nitrogens with one attached hydrogen (secondary N) is 2. The molecule has 5 rings (SSSR count). The molecule has 1 aliphatic heterocycles. The highest BCUT2D eigenvalue weighted by Crippen LogP contribution is 2.60. The van der Waals surface area contributed by atoms with E-state index in [1.807, 2.05) is 6.92 Å². The second-order valence-corrected chi connectivity index (χ2v) is 10.1. The Kier molecular flexibility index (Phi) is 6.53. The largest absolute Gasteiger partial charge is 0.454 e. The predicted molar refractivity (Wildman–Crippen MR) is 113 cm³/mol. The highest BCUT2D eigenvalue weighted by molar-refractivity contribution is 5.90. The van der Waals surface area contributed by atoms with Crippen LogP contribution in [0.3, 0.4) is 0 Å². The quantitative estimate of drug-likeness (QED) is 0.563. The SMILES string of the molecule is CCCNC(=O)CNC(=O)COC(=O)[C@H]1CCCN1C(=O)C12CC3CC(CC(C3)C1)C2. The average Bonchev–Trinajstić information content (AvgIpc) is 3.22. The molecule has 0 unspecified atom stereocenters. The van der Waals surface area contributed by atoms with Crippen LogP contribution < -0.4 is 10.6 Å². The van der Waals surface area contributed by atoms with E-state index in [-0.39, 0.29) is 23.8 Å². The lowest BCUT2D eigenvalue weighted by Gasteiger charge is -2.56. The molecule has 3 amide bonds. The number of hydrogen-bond donors (Lipinski definition) is 2. The van der Waals surface area contributed by atoms with Crippen LogP contribution in [0.25, 0.3) is 0 Å². The van der Waals surface area contributed by atoms with E-state index in [2.05, 4.69) is 10.6 Å². The molecule has 1 atom stereocenters. The number of likely N-dealkylation sites (tertiary alicyclic amines) is 1. The molecule has 8 heteroatoms. The van der Waals surface area contributed by atoms with Crippen molar-refractivity contribution >= 4 is 23.7 Å². The molecule has 172 valence electrons. The van der Waals surface area contributed by atoms with Crippen molar-refractivity contribution in [2.45, 2.75) is 70.8 Å². The molecule has 1 heterocycles. The predicted octanol–water partition coefficient (Wildman–Crippen LogP) is 1.38. The minimum Gasteiger partial charge on any atom is -0.454 e. The molecular weight excluding hydrogens is 398 g/mol. The van der Waals surface area contributed by atoms with Crippen LogP contribution in [0.4, 0.5) is 0 Å². The van der Waals surface area contributed by atoms with Gasteiger partial charge in [-0.1, -0.05) is 6.92 Å². The van der Waals surface area contributed by atoms with Crippen LogP contribution in [0.15, 0.2) is 0 Å². The number of esters is 1. The van der Waals surface area contributed by atoms with Gasteiger partial charge in [-0.3, -0.25) is 14.4 Å². The molecule has 0 spiro atoms. The minimum atomic E-state index is -0.596. The second-order valence-electron chi connectivity index (χ2n) is 10.1. The molecule has 0 aromatic heterocycles. The van der Waals surface area contributed by atoms with Crippen molar-refractivity contribution in [3.05, 3.63) is 0 Å². The third-order valence-corrected chi connectivity index (χ3v) is 7.64. The maximum Gasteiger partial charge on any atom is 0.329 e. The first kappa shape index (κ1) is 22.1. The molecule has 4 aliphatic carbocycles. The van der Waals surface area contributed by atoms with Crippen LogP contribution in [0.5, 0.6) is 0 Å². The molecule has 31 heavy (non-hydrogen) atoms. The molecule has 5 fully saturated rings. The lowest BCUT2D eigenvalue weighted by Crippen LogP contribution is -2.56. The fourth-order valence-corrected chi connectivity index (χ4v) is 6.72. The topological polar surface area (TPSA) is 105 Å². The Morgan fingerprint density at radius 1 is 0.968 bits per heavy atom. The summed E-state index contributed by atoms with van der Waals surface area (Å²) in [6, 6.07) is -0.596. The molecule has 0 radical (unpaired) electrons. The normalized spacial score (nSPS) is 33.3. The van der Waals surface area contributed by atoms with Crippen molar-refractivity contribution in [3.8, 4) is 0 Å². The molecule has 4 saturated carbocycles. The van der Waals surface area contributed by atoms with E-state index in [0.717, 1.165) is 32.1 Å². The number of rotatable bonds is 8. The fraction of sp³-hybridized carbons (Fsp3) is 0.826. The van der Waals surface area contributed by atoms with Gasteiger partial charge in [0.1, 0.15) is 6.04 Å². The van der Waals surface area contributed by atoms with Gasteiger partial charge in [-0.05, 0) is 75.5 Å². The van der Waals surface area contributed by atoms with E-state index >= 15 is 0 Å². The van der Waals surface area contributed by atoms with Crippen LogP contribution >= 0.6 is 0 Å². The maximum atomic E-state index is 13.6. The maximum absolute atomic E-state index is 13.6. The van der Waals surface area contributed by atoms with Crippen LogP contribution in [-0.2, 0) is 23.9 Å². The van der Waals surface area contributed by atoms with Gasteiger partial charge in [-0.25, -0.2) is 4.79 Å². The van der Waals surface area contributed by atoms with E-state index in [4.69, 9.17) is 4.74 Å². The third kappa shape index (κ3) is 4.72. The Balaban J connectivity index is 1.28. The van der Waals surface area contributed by atoms with Crippen molar-refractivity contribution in [2.75, 3.05) is 26.2 Å². The summed E-state index contributed by atoms with van der Waals surface area (Å²) in [6.45, 7) is 2.51. The zero-order valence-corrected chi connectivity index (χ0v) is 18.5. The van der Waals surface area contributed by atoms with Crippen molar-refractivity contribution in [2.24, 2.45) is 23.2 Å². The first-order valence-electron chi connectivity index (χ1n) is 11.9. The Hall–Kier alpha value is -2.12. The van der Waals surface area contributed by atoms with Gasteiger partial charge >= 0.3 is 5.97 Å². The second kappa shape index (κ2) is 9.17. The summed E-state index contributed by atoms with van der Waals surface area (Å²) >= 11 is 0. The highest BCUT2D eigenvalue weighted by atomic mass is 16.5. The monoisotopic (exact) mass is 433 g/mol. The first-order valence-corrected chi connectivity index (χ1v) is 11.9. The van der Waals surface area contributed by atoms with Gasteiger partial charge in [0.15, 0.2) is 6.61 Å². The number of hydrogen-bond acceptors (Lipinski definition) is 5. The van der Waals surface area contributed by atoms with Crippen LogP contribution in [0.1, 0.15) is 64.7 Å². The van der Waals surface area contributed by atoms with Crippen molar-refractivity contribution < 1.29 is 23.9 Å². The Bertz CT molecular complexity index is 701. The number of ether oxygens (including phenoxy) is 1. The molecule has 0 aromatic carbocycles. The average molecular weight is 434 g/mol. The van der Waals surface area contributed by atoms with Crippen molar-refractivity contribution in [3.63, 3.8) is 0 Å². The molecule has 8 nitrogen and oxygen atoms in total. The Labute approximate surface area is 183 Å². The van der Waals surface area contributed by atoms with Crippen molar-refractivity contribution in [1.29, 1.82) is 0 Å². The van der Waals surface area contributed by atoms with Gasteiger partial charge < -0.3 is 20.3 Å². The molecule has 5 aliphatic rings. The van der Waals surface area contributed by atoms with Crippen molar-refractivity contribution in [1.82, 2.24) is 15.5 Å². The van der Waals surface area contributed by atoms with Crippen LogP contribution in [0, 0.1) is 23.2 Å². The number of nitrogens with zero attached hydrogens (tertiary/aromatic N) is 1. The van der Waals surface area contributed by atoms with E-state index < -0.39 is 24.5 Å². The summed E-state index contributed by atoms with van der Waals surface area (Å²) < 4.78 is 5.22. The third-order valence-electron chi connectivity index (χ3n) is 7.64. The Morgan fingerprint density at radius 2 is 1.61 bits per heavy atom. The molecule has 4 bridgehead atoms. The lowest BCUT2D eigenvalue weighted by atomic mass is 9.49. The highest BCUT2D eigenvalue weighted by Gasteiger charge is 2.57. The van der Waals surface area contributed by atoms with Gasteiger partial charge in [0.05, 0.1) is 12.0 Å². The fourth-order valence-electron chi connectivity index (χ4n) is 6.72. The van der Waals surface area contributed by atoms with Gasteiger partial charge in [-0.15, -0.1) is 0 Å². The summed E-state index contributed by atoms with van der Waals surface area (Å²) in [5, 5.41) is 5.12. The standard InChI is InChI=1S/C23H35N3O5/c1-2-5-24-19(27)13-25-20(28)14-31-21(29)18-4-3-6-26(18)22(30)23-10-15-7-16(11-23)9-17(8-15)12-23/h15-18H,2-14H2,1H3,(H,24,27)(H,25,28)/t15?,16?,17?,18-,23?/m1/s1. The number of carbonyl (C=O) groups is 4. The summed E-state index contributed by atoms with van der Waals surface area (Å²) in [5.74, 6) is 0.843. The number of amides is 3. The lowest BCUT2D eigenvalue weighted by molar-refractivity contribution is -0.166. The van der Waals surface area contributed by atoms with E-state index in [0.29, 0.717) is 37.3 Å². The molecular formula is C23H35N3O5. The molecule has 0 aromatic rings. The van der Waals surface area contributed by atoms with E-state index in [9.17, 15) is 19.2 Å². The van der Waals surface area contributed by atoms with Gasteiger partial charge in [0, 0.05) is 13.1 Å². The Morgan fingerprint density at radius 3 is 2.23 bits per heavy atom. The van der Waals surface area contributed by atoms with Gasteiger partial charge in [0.25, 0.3) is 5.91 Å². The zero-order chi connectivity index (χ0) is 22.0. The minimum absolute atomic E-state index is 0.142. The first-order chi connectivity index (χ1) is 14.9. The van der Waals surface area contributed by atoms with Gasteiger partial charge in [0.2, 0.25) is 11.8 Å². The molecule has 1 saturated heterocycles. The van der Waals surface area contributed by atoms with Crippen LogP contribution in [-0.4, -0.2) is 60.9 Å². The summed E-state index contributed by atoms with van der Waals surface area (Å²) in [7, 11) is 0. The van der Waals surface area contributed by atoms with E-state index in [1.165, 1.54) is 19.3 Å². The summed E-state index contributed by atoms with van der Waals surface area (Å²) in [6.07, 6.45) is 8.89. The number of carbonyl (C=O) groups excluding carboxylic acids is 4. The van der Waals surface area contributed by atoms with Crippen LogP contribution in [0.2, 0.25) is 0 Å². The smallest absolute Gasteiger partial charge is 0.329 e. The summed E-state index contributed by atoms with van der Waals surface area (Å²) in [4.78, 5) is 51.5. The van der Waals surface area contributed by atoms with E-state index in [1.54, 1.807) is 4.90 Å². The van der Waals surface area contributed by atoms with Gasteiger partial charge in [-0.2, -0.15) is 0 Å². The summed E-state index contributed by atoms with van der Waals surface area (Å²) in [5.41, 5.74) is -0.277. The zero-order valence-electron chi connectivity index (χ0n) is 18.5. The molecule has 2 N–H and O–H groups in total.